The monoisotopic (exact) mass is 389 g/mol. The predicted molar refractivity (Wildman–Crippen MR) is 106 cm³/mol. The SMILES string of the molecule is CCCCCC[C@H](NC(=O)[C@H]1CCCN1C(=O)OCc1ccccc1)C(N)=O. The van der Waals surface area contributed by atoms with E-state index < -0.39 is 24.1 Å². The van der Waals surface area contributed by atoms with Crippen LogP contribution in [0.4, 0.5) is 4.79 Å². The third-order valence-corrected chi connectivity index (χ3v) is 5.00. The molecule has 1 saturated heterocycles. The molecule has 0 aliphatic carbocycles. The average molecular weight is 389 g/mol. The highest BCUT2D eigenvalue weighted by atomic mass is 16.6. The van der Waals surface area contributed by atoms with Crippen LogP contribution in [0.15, 0.2) is 30.3 Å². The van der Waals surface area contributed by atoms with Crippen molar-refractivity contribution in [2.75, 3.05) is 6.54 Å². The molecule has 1 heterocycles. The number of carbonyl (C=O) groups excluding carboxylic acids is 3. The zero-order valence-corrected chi connectivity index (χ0v) is 16.6. The fourth-order valence-corrected chi connectivity index (χ4v) is 3.39. The number of unbranched alkanes of at least 4 members (excludes halogenated alkanes) is 3. The first kappa shape index (κ1) is 21.7. The molecule has 7 heteroatoms. The Kier molecular flexibility index (Phi) is 8.78. The zero-order chi connectivity index (χ0) is 20.4. The maximum absolute atomic E-state index is 12.7. The van der Waals surface area contributed by atoms with Crippen LogP contribution >= 0.6 is 0 Å². The zero-order valence-electron chi connectivity index (χ0n) is 16.6. The average Bonchev–Trinajstić information content (AvgIpc) is 3.19. The van der Waals surface area contributed by atoms with Gasteiger partial charge in [0.15, 0.2) is 0 Å². The van der Waals surface area contributed by atoms with Crippen LogP contribution < -0.4 is 11.1 Å². The number of likely N-dealkylation sites (tertiary alicyclic amines) is 1. The van der Waals surface area contributed by atoms with E-state index in [4.69, 9.17) is 10.5 Å². The van der Waals surface area contributed by atoms with Gasteiger partial charge in [0.25, 0.3) is 0 Å². The molecule has 1 fully saturated rings. The molecule has 0 saturated carbocycles. The van der Waals surface area contributed by atoms with Crippen LogP contribution in [0.3, 0.4) is 0 Å². The minimum absolute atomic E-state index is 0.159. The van der Waals surface area contributed by atoms with E-state index in [-0.39, 0.29) is 12.5 Å². The Morgan fingerprint density at radius 3 is 2.64 bits per heavy atom. The second-order valence-corrected chi connectivity index (χ2v) is 7.20. The Labute approximate surface area is 166 Å². The third kappa shape index (κ3) is 6.55. The summed E-state index contributed by atoms with van der Waals surface area (Å²) in [7, 11) is 0. The quantitative estimate of drug-likeness (QED) is 0.601. The Balaban J connectivity index is 1.87. The normalized spacial score (nSPS) is 17.2. The lowest BCUT2D eigenvalue weighted by Crippen LogP contribution is -2.52. The van der Waals surface area contributed by atoms with Crippen molar-refractivity contribution >= 4 is 17.9 Å². The van der Waals surface area contributed by atoms with Crippen molar-refractivity contribution in [2.45, 2.75) is 70.6 Å². The Morgan fingerprint density at radius 2 is 1.96 bits per heavy atom. The van der Waals surface area contributed by atoms with Crippen LogP contribution in [0.25, 0.3) is 0 Å². The number of primary amides is 1. The minimum Gasteiger partial charge on any atom is -0.445 e. The van der Waals surface area contributed by atoms with Crippen molar-refractivity contribution in [1.29, 1.82) is 0 Å². The van der Waals surface area contributed by atoms with Gasteiger partial charge in [0.1, 0.15) is 18.7 Å². The second-order valence-electron chi connectivity index (χ2n) is 7.20. The van der Waals surface area contributed by atoms with Gasteiger partial charge in [0.05, 0.1) is 0 Å². The number of benzene rings is 1. The third-order valence-electron chi connectivity index (χ3n) is 5.00. The van der Waals surface area contributed by atoms with Crippen molar-refractivity contribution in [3.63, 3.8) is 0 Å². The van der Waals surface area contributed by atoms with Gasteiger partial charge in [-0.1, -0.05) is 62.9 Å². The van der Waals surface area contributed by atoms with E-state index in [1.807, 2.05) is 30.3 Å². The number of rotatable bonds is 10. The van der Waals surface area contributed by atoms with E-state index in [9.17, 15) is 14.4 Å². The fraction of sp³-hybridized carbons (Fsp3) is 0.571. The molecule has 1 aromatic rings. The van der Waals surface area contributed by atoms with Gasteiger partial charge in [0, 0.05) is 6.54 Å². The molecule has 2 atom stereocenters. The molecule has 3 N–H and O–H groups in total. The van der Waals surface area contributed by atoms with Gasteiger partial charge in [-0.2, -0.15) is 0 Å². The smallest absolute Gasteiger partial charge is 0.410 e. The lowest BCUT2D eigenvalue weighted by atomic mass is 10.1. The predicted octanol–water partition coefficient (Wildman–Crippen LogP) is 2.73. The number of nitrogens with one attached hydrogen (secondary N) is 1. The summed E-state index contributed by atoms with van der Waals surface area (Å²) < 4.78 is 5.35. The maximum Gasteiger partial charge on any atom is 0.410 e. The van der Waals surface area contributed by atoms with E-state index in [0.29, 0.717) is 19.4 Å². The molecule has 1 aliphatic heterocycles. The first-order chi connectivity index (χ1) is 13.5. The van der Waals surface area contributed by atoms with Crippen LogP contribution in [0.2, 0.25) is 0 Å². The number of carbonyl (C=O) groups is 3. The highest BCUT2D eigenvalue weighted by Gasteiger charge is 2.36. The molecule has 7 nitrogen and oxygen atoms in total. The summed E-state index contributed by atoms with van der Waals surface area (Å²) in [6.45, 7) is 2.73. The van der Waals surface area contributed by atoms with E-state index in [1.54, 1.807) is 0 Å². The molecular formula is C21H31N3O4. The molecule has 3 amide bonds. The molecule has 0 radical (unpaired) electrons. The van der Waals surface area contributed by atoms with E-state index in [1.165, 1.54) is 4.90 Å². The van der Waals surface area contributed by atoms with Gasteiger partial charge in [-0.05, 0) is 24.8 Å². The summed E-state index contributed by atoms with van der Waals surface area (Å²) >= 11 is 0. The number of ether oxygens (including phenoxy) is 1. The number of nitrogens with zero attached hydrogens (tertiary/aromatic N) is 1. The Bertz CT molecular complexity index is 650. The minimum atomic E-state index is -0.702. The lowest BCUT2D eigenvalue weighted by molar-refractivity contribution is -0.130. The van der Waals surface area contributed by atoms with Crippen molar-refractivity contribution in [3.05, 3.63) is 35.9 Å². The van der Waals surface area contributed by atoms with Crippen LogP contribution in [0, 0.1) is 0 Å². The second kappa shape index (κ2) is 11.3. The molecule has 1 aromatic carbocycles. The first-order valence-electron chi connectivity index (χ1n) is 10.1. The van der Waals surface area contributed by atoms with Gasteiger partial charge in [-0.3, -0.25) is 14.5 Å². The lowest BCUT2D eigenvalue weighted by Gasteiger charge is -2.25. The summed E-state index contributed by atoms with van der Waals surface area (Å²) in [4.78, 5) is 38.2. The van der Waals surface area contributed by atoms with E-state index in [0.717, 1.165) is 37.7 Å². The van der Waals surface area contributed by atoms with Crippen LogP contribution in [0.5, 0.6) is 0 Å². The highest BCUT2D eigenvalue weighted by molar-refractivity contribution is 5.91. The van der Waals surface area contributed by atoms with Crippen LogP contribution in [-0.4, -0.2) is 41.4 Å². The first-order valence-corrected chi connectivity index (χ1v) is 10.1. The van der Waals surface area contributed by atoms with Crippen molar-refractivity contribution in [2.24, 2.45) is 5.73 Å². The number of hydrogen-bond donors (Lipinski definition) is 2. The molecule has 0 aromatic heterocycles. The topological polar surface area (TPSA) is 102 Å². The molecule has 1 aliphatic rings. The summed E-state index contributed by atoms with van der Waals surface area (Å²) in [6, 6.07) is 8.06. The Hall–Kier alpha value is -2.57. The van der Waals surface area contributed by atoms with Crippen molar-refractivity contribution in [1.82, 2.24) is 10.2 Å². The maximum atomic E-state index is 12.7. The van der Waals surface area contributed by atoms with E-state index >= 15 is 0 Å². The van der Waals surface area contributed by atoms with Crippen molar-refractivity contribution < 1.29 is 19.1 Å². The molecule has 28 heavy (non-hydrogen) atoms. The summed E-state index contributed by atoms with van der Waals surface area (Å²) in [6.07, 6.45) is 5.28. The summed E-state index contributed by atoms with van der Waals surface area (Å²) in [5.41, 5.74) is 6.33. The molecule has 0 bridgehead atoms. The Morgan fingerprint density at radius 1 is 1.21 bits per heavy atom. The number of amides is 3. The van der Waals surface area contributed by atoms with Gasteiger partial charge < -0.3 is 15.8 Å². The molecule has 2 rings (SSSR count). The molecule has 0 spiro atoms. The van der Waals surface area contributed by atoms with Crippen LogP contribution in [-0.2, 0) is 20.9 Å². The van der Waals surface area contributed by atoms with Gasteiger partial charge in [-0.25, -0.2) is 4.79 Å². The molecular weight excluding hydrogens is 358 g/mol. The largest absolute Gasteiger partial charge is 0.445 e. The summed E-state index contributed by atoms with van der Waals surface area (Å²) in [5.74, 6) is -0.880. The standard InChI is InChI=1S/C21H31N3O4/c1-2-3-4-8-12-17(19(22)25)23-20(26)18-13-9-14-24(18)21(27)28-15-16-10-6-5-7-11-16/h5-7,10-11,17-18H,2-4,8-9,12-15H2,1H3,(H2,22,25)(H,23,26)/t17-,18+/m0/s1. The molecule has 0 unspecified atom stereocenters. The van der Waals surface area contributed by atoms with Gasteiger partial charge >= 0.3 is 6.09 Å². The van der Waals surface area contributed by atoms with Gasteiger partial charge in [-0.15, -0.1) is 0 Å². The van der Waals surface area contributed by atoms with Gasteiger partial charge in [0.2, 0.25) is 11.8 Å². The van der Waals surface area contributed by atoms with Crippen LogP contribution in [0.1, 0.15) is 57.4 Å². The highest BCUT2D eigenvalue weighted by Crippen LogP contribution is 2.19. The van der Waals surface area contributed by atoms with E-state index in [2.05, 4.69) is 12.2 Å². The molecule has 154 valence electrons. The number of nitrogens with two attached hydrogens (primary N) is 1. The number of hydrogen-bond acceptors (Lipinski definition) is 4. The fourth-order valence-electron chi connectivity index (χ4n) is 3.39. The van der Waals surface area contributed by atoms with Crippen molar-refractivity contribution in [3.8, 4) is 0 Å². The summed E-state index contributed by atoms with van der Waals surface area (Å²) in [5, 5.41) is 2.73.